The molecule has 2 rings (SSSR count). The van der Waals surface area contributed by atoms with Gasteiger partial charge in [0.15, 0.2) is 0 Å². The molecule has 4 N–H and O–H groups in total. The number of amides is 1. The average Bonchev–Trinajstić information content (AvgIpc) is 2.34. The second-order valence-corrected chi connectivity index (χ2v) is 4.49. The molecule has 98 valence electrons. The zero-order chi connectivity index (χ0) is 14.0. The molecule has 0 atom stereocenters. The summed E-state index contributed by atoms with van der Waals surface area (Å²) in [5.74, 6) is 0.540. The van der Waals surface area contributed by atoms with Crippen LogP contribution in [0.2, 0.25) is 0 Å². The number of carbonyl (C=O) groups excluding carboxylic acids is 1. The van der Waals surface area contributed by atoms with Gasteiger partial charge in [-0.25, -0.2) is 0 Å². The molecule has 0 unspecified atom stereocenters. The quantitative estimate of drug-likeness (QED) is 0.829. The first kappa shape index (κ1) is 13.0. The van der Waals surface area contributed by atoms with Gasteiger partial charge in [-0.2, -0.15) is 0 Å². The number of carbonyl (C=O) groups is 1. The molecule has 0 radical (unpaired) electrons. The maximum Gasteiger partial charge on any atom is 0.252 e. The van der Waals surface area contributed by atoms with Crippen LogP contribution in [0.4, 0.5) is 5.69 Å². The normalized spacial score (nSPS) is 10.2. The fraction of sp³-hybridized carbons (Fsp3) is 0.133. The Kier molecular flexibility index (Phi) is 3.42. The lowest BCUT2D eigenvalue weighted by atomic mass is 10.1. The minimum Gasteiger partial charge on any atom is -0.456 e. The van der Waals surface area contributed by atoms with E-state index in [4.69, 9.17) is 16.2 Å². The molecule has 0 spiro atoms. The average molecular weight is 256 g/mol. The molecule has 0 fully saturated rings. The van der Waals surface area contributed by atoms with E-state index in [0.29, 0.717) is 17.2 Å². The van der Waals surface area contributed by atoms with E-state index in [2.05, 4.69) is 0 Å². The second kappa shape index (κ2) is 5.02. The van der Waals surface area contributed by atoms with Crippen LogP contribution >= 0.6 is 0 Å². The van der Waals surface area contributed by atoms with Gasteiger partial charge in [-0.05, 0) is 43.7 Å². The molecule has 0 heterocycles. The van der Waals surface area contributed by atoms with Crippen molar-refractivity contribution in [3.63, 3.8) is 0 Å². The van der Waals surface area contributed by atoms with Gasteiger partial charge in [-0.1, -0.05) is 17.7 Å². The van der Waals surface area contributed by atoms with Crippen LogP contribution in [0.1, 0.15) is 21.5 Å². The maximum absolute atomic E-state index is 11.4. The van der Waals surface area contributed by atoms with Crippen molar-refractivity contribution in [2.75, 3.05) is 5.73 Å². The smallest absolute Gasteiger partial charge is 0.252 e. The Morgan fingerprint density at radius 3 is 2.37 bits per heavy atom. The number of hydrogen-bond acceptors (Lipinski definition) is 3. The van der Waals surface area contributed by atoms with Gasteiger partial charge >= 0.3 is 0 Å². The largest absolute Gasteiger partial charge is 0.456 e. The Morgan fingerprint density at radius 2 is 1.74 bits per heavy atom. The van der Waals surface area contributed by atoms with E-state index in [0.717, 1.165) is 11.1 Å². The highest BCUT2D eigenvalue weighted by molar-refractivity contribution is 5.96. The molecule has 0 aliphatic carbocycles. The summed E-state index contributed by atoms with van der Waals surface area (Å²) in [5, 5.41) is 0. The van der Waals surface area contributed by atoms with E-state index in [1.807, 2.05) is 32.0 Å². The van der Waals surface area contributed by atoms with Crippen LogP contribution < -0.4 is 16.2 Å². The maximum atomic E-state index is 11.4. The van der Waals surface area contributed by atoms with Crippen LogP contribution in [0.25, 0.3) is 0 Å². The SMILES string of the molecule is Cc1ccc(Oc2ccc(N)cc2C(N)=O)c(C)c1. The number of nitrogens with two attached hydrogens (primary N) is 2. The molecule has 0 aliphatic heterocycles. The molecular weight excluding hydrogens is 240 g/mol. The van der Waals surface area contributed by atoms with Crippen LogP contribution in [-0.2, 0) is 0 Å². The lowest BCUT2D eigenvalue weighted by molar-refractivity contribution is 0.0998. The van der Waals surface area contributed by atoms with E-state index in [1.54, 1.807) is 12.1 Å². The molecule has 0 aromatic heterocycles. The Labute approximate surface area is 112 Å². The zero-order valence-electron chi connectivity index (χ0n) is 10.9. The molecule has 19 heavy (non-hydrogen) atoms. The van der Waals surface area contributed by atoms with Gasteiger partial charge in [0, 0.05) is 5.69 Å². The summed E-state index contributed by atoms with van der Waals surface area (Å²) in [6, 6.07) is 10.7. The second-order valence-electron chi connectivity index (χ2n) is 4.49. The highest BCUT2D eigenvalue weighted by Crippen LogP contribution is 2.29. The van der Waals surface area contributed by atoms with Crippen molar-refractivity contribution in [1.82, 2.24) is 0 Å². The van der Waals surface area contributed by atoms with Gasteiger partial charge in [0.2, 0.25) is 0 Å². The minimum atomic E-state index is -0.563. The first-order chi connectivity index (χ1) is 8.97. The van der Waals surface area contributed by atoms with Crippen molar-refractivity contribution >= 4 is 11.6 Å². The lowest BCUT2D eigenvalue weighted by Gasteiger charge is -2.12. The summed E-state index contributed by atoms with van der Waals surface area (Å²) < 4.78 is 5.76. The number of nitrogen functional groups attached to an aromatic ring is 1. The molecule has 0 bridgehead atoms. The van der Waals surface area contributed by atoms with E-state index in [-0.39, 0.29) is 5.56 Å². The van der Waals surface area contributed by atoms with Crippen LogP contribution in [-0.4, -0.2) is 5.91 Å². The van der Waals surface area contributed by atoms with Crippen molar-refractivity contribution in [3.8, 4) is 11.5 Å². The van der Waals surface area contributed by atoms with Gasteiger partial charge in [-0.3, -0.25) is 4.79 Å². The summed E-state index contributed by atoms with van der Waals surface area (Å²) >= 11 is 0. The van der Waals surface area contributed by atoms with Crippen molar-refractivity contribution < 1.29 is 9.53 Å². The molecule has 2 aromatic carbocycles. The summed E-state index contributed by atoms with van der Waals surface area (Å²) in [6.45, 7) is 3.96. The fourth-order valence-corrected chi connectivity index (χ4v) is 1.86. The topological polar surface area (TPSA) is 78.3 Å². The molecule has 1 amide bonds. The molecule has 0 saturated carbocycles. The van der Waals surface area contributed by atoms with Crippen LogP contribution in [0.15, 0.2) is 36.4 Å². The summed E-state index contributed by atoms with van der Waals surface area (Å²) in [4.78, 5) is 11.4. The van der Waals surface area contributed by atoms with Crippen LogP contribution in [0, 0.1) is 13.8 Å². The Bertz CT molecular complexity index is 636. The van der Waals surface area contributed by atoms with E-state index < -0.39 is 5.91 Å². The van der Waals surface area contributed by atoms with Gasteiger partial charge < -0.3 is 16.2 Å². The third-order valence-electron chi connectivity index (χ3n) is 2.82. The van der Waals surface area contributed by atoms with Gasteiger partial charge in [0.05, 0.1) is 5.56 Å². The number of hydrogen-bond donors (Lipinski definition) is 2. The number of rotatable bonds is 3. The number of aryl methyl sites for hydroxylation is 2. The Morgan fingerprint density at radius 1 is 1.05 bits per heavy atom. The number of benzene rings is 2. The summed E-state index contributed by atoms with van der Waals surface area (Å²) in [5.41, 5.74) is 13.9. The predicted octanol–water partition coefficient (Wildman–Crippen LogP) is 2.78. The number of ether oxygens (including phenoxy) is 1. The van der Waals surface area contributed by atoms with E-state index in [9.17, 15) is 4.79 Å². The molecule has 4 nitrogen and oxygen atoms in total. The predicted molar refractivity (Wildman–Crippen MR) is 75.4 cm³/mol. The first-order valence-corrected chi connectivity index (χ1v) is 5.92. The van der Waals surface area contributed by atoms with Gasteiger partial charge in [-0.15, -0.1) is 0 Å². The number of anilines is 1. The standard InChI is InChI=1S/C15H16N2O2/c1-9-3-5-13(10(2)7-9)19-14-6-4-11(16)8-12(14)15(17)18/h3-8H,16H2,1-2H3,(H2,17,18). The zero-order valence-corrected chi connectivity index (χ0v) is 10.9. The van der Waals surface area contributed by atoms with E-state index >= 15 is 0 Å². The molecular formula is C15H16N2O2. The van der Waals surface area contributed by atoms with Crippen molar-refractivity contribution in [2.24, 2.45) is 5.73 Å². The number of primary amides is 1. The lowest BCUT2D eigenvalue weighted by Crippen LogP contribution is -2.12. The third-order valence-corrected chi connectivity index (χ3v) is 2.82. The van der Waals surface area contributed by atoms with Crippen molar-refractivity contribution in [2.45, 2.75) is 13.8 Å². The van der Waals surface area contributed by atoms with Crippen LogP contribution in [0.5, 0.6) is 11.5 Å². The highest BCUT2D eigenvalue weighted by Gasteiger charge is 2.11. The molecule has 0 saturated heterocycles. The highest BCUT2D eigenvalue weighted by atomic mass is 16.5. The Balaban J connectivity index is 2.40. The third kappa shape index (κ3) is 2.85. The van der Waals surface area contributed by atoms with Crippen molar-refractivity contribution in [1.29, 1.82) is 0 Å². The van der Waals surface area contributed by atoms with Gasteiger partial charge in [0.25, 0.3) is 5.91 Å². The van der Waals surface area contributed by atoms with Crippen LogP contribution in [0.3, 0.4) is 0 Å². The fourth-order valence-electron chi connectivity index (χ4n) is 1.86. The first-order valence-electron chi connectivity index (χ1n) is 5.92. The van der Waals surface area contributed by atoms with E-state index in [1.165, 1.54) is 6.07 Å². The monoisotopic (exact) mass is 256 g/mol. The summed E-state index contributed by atoms with van der Waals surface area (Å²) in [7, 11) is 0. The Hall–Kier alpha value is -2.49. The molecule has 4 heteroatoms. The van der Waals surface area contributed by atoms with Crippen molar-refractivity contribution in [3.05, 3.63) is 53.1 Å². The minimum absolute atomic E-state index is 0.278. The summed E-state index contributed by atoms with van der Waals surface area (Å²) in [6.07, 6.45) is 0. The van der Waals surface area contributed by atoms with Gasteiger partial charge in [0.1, 0.15) is 11.5 Å². The molecule has 2 aromatic rings. The molecule has 0 aliphatic rings.